The van der Waals surface area contributed by atoms with Gasteiger partial charge in [0.25, 0.3) is 5.91 Å². The Morgan fingerprint density at radius 3 is 2.76 bits per heavy atom. The van der Waals surface area contributed by atoms with Crippen molar-refractivity contribution < 1.29 is 19.4 Å². The SMILES string of the molecule is Cc1nc(COc2ccccc2C(=O)N2C[C@@H](C)[C@H](C(=O)O)C2)cs1. The number of rotatable bonds is 5. The maximum Gasteiger partial charge on any atom is 0.308 e. The Hall–Kier alpha value is -2.41. The van der Waals surface area contributed by atoms with Gasteiger partial charge in [0, 0.05) is 18.5 Å². The van der Waals surface area contributed by atoms with E-state index in [0.717, 1.165) is 10.7 Å². The zero-order valence-electron chi connectivity index (χ0n) is 14.1. The molecule has 132 valence electrons. The molecule has 1 aromatic heterocycles. The summed E-state index contributed by atoms with van der Waals surface area (Å²) in [5.74, 6) is -1.14. The summed E-state index contributed by atoms with van der Waals surface area (Å²) < 4.78 is 5.80. The molecule has 0 spiro atoms. The number of likely N-dealkylation sites (tertiary alicyclic amines) is 1. The maximum absolute atomic E-state index is 12.8. The fraction of sp³-hybridized carbons (Fsp3) is 0.389. The van der Waals surface area contributed by atoms with Gasteiger partial charge < -0.3 is 14.7 Å². The summed E-state index contributed by atoms with van der Waals surface area (Å²) >= 11 is 1.55. The van der Waals surface area contributed by atoms with Gasteiger partial charge in [-0.1, -0.05) is 19.1 Å². The molecule has 1 saturated heterocycles. The third-order valence-corrected chi connectivity index (χ3v) is 5.20. The van der Waals surface area contributed by atoms with Gasteiger partial charge in [0.05, 0.1) is 22.2 Å². The van der Waals surface area contributed by atoms with Crippen LogP contribution in [0.25, 0.3) is 0 Å². The number of hydrogen-bond acceptors (Lipinski definition) is 5. The van der Waals surface area contributed by atoms with E-state index >= 15 is 0 Å². The van der Waals surface area contributed by atoms with E-state index < -0.39 is 11.9 Å². The third kappa shape index (κ3) is 3.82. The van der Waals surface area contributed by atoms with Crippen molar-refractivity contribution in [2.45, 2.75) is 20.5 Å². The van der Waals surface area contributed by atoms with Crippen molar-refractivity contribution in [2.24, 2.45) is 11.8 Å². The van der Waals surface area contributed by atoms with Gasteiger partial charge in [-0.15, -0.1) is 11.3 Å². The van der Waals surface area contributed by atoms with Gasteiger partial charge in [-0.3, -0.25) is 9.59 Å². The molecule has 2 atom stereocenters. The van der Waals surface area contributed by atoms with Crippen LogP contribution in [0, 0.1) is 18.8 Å². The second-order valence-electron chi connectivity index (χ2n) is 6.27. The Morgan fingerprint density at radius 1 is 1.36 bits per heavy atom. The summed E-state index contributed by atoms with van der Waals surface area (Å²) in [6.45, 7) is 4.76. The van der Waals surface area contributed by atoms with Crippen molar-refractivity contribution in [3.63, 3.8) is 0 Å². The van der Waals surface area contributed by atoms with Gasteiger partial charge in [-0.05, 0) is 25.0 Å². The van der Waals surface area contributed by atoms with E-state index in [2.05, 4.69) is 4.98 Å². The van der Waals surface area contributed by atoms with Crippen LogP contribution in [-0.2, 0) is 11.4 Å². The summed E-state index contributed by atoms with van der Waals surface area (Å²) in [5.41, 5.74) is 1.28. The van der Waals surface area contributed by atoms with Crippen LogP contribution in [0.4, 0.5) is 0 Å². The number of ether oxygens (including phenoxy) is 1. The van der Waals surface area contributed by atoms with Crippen molar-refractivity contribution >= 4 is 23.2 Å². The molecule has 6 nitrogen and oxygen atoms in total. The highest BCUT2D eigenvalue weighted by Crippen LogP contribution is 2.28. The molecule has 7 heteroatoms. The molecule has 1 aliphatic heterocycles. The van der Waals surface area contributed by atoms with Crippen molar-refractivity contribution in [1.82, 2.24) is 9.88 Å². The predicted molar refractivity (Wildman–Crippen MR) is 93.8 cm³/mol. The number of aliphatic carboxylic acids is 1. The molecule has 1 aliphatic rings. The highest BCUT2D eigenvalue weighted by molar-refractivity contribution is 7.09. The first kappa shape index (κ1) is 17.4. The van der Waals surface area contributed by atoms with E-state index in [9.17, 15) is 14.7 Å². The molecule has 0 bridgehead atoms. The lowest BCUT2D eigenvalue weighted by Crippen LogP contribution is -2.30. The first-order chi connectivity index (χ1) is 12.0. The minimum absolute atomic E-state index is 0.0625. The number of thiazole rings is 1. The van der Waals surface area contributed by atoms with E-state index in [1.165, 1.54) is 0 Å². The van der Waals surface area contributed by atoms with Gasteiger partial charge in [0.2, 0.25) is 0 Å². The third-order valence-electron chi connectivity index (χ3n) is 4.38. The van der Waals surface area contributed by atoms with Gasteiger partial charge in [-0.2, -0.15) is 0 Å². The normalized spacial score (nSPS) is 19.8. The number of para-hydroxylation sites is 1. The minimum Gasteiger partial charge on any atom is -0.486 e. The lowest BCUT2D eigenvalue weighted by molar-refractivity contribution is -0.142. The minimum atomic E-state index is -0.855. The molecular formula is C18H20N2O4S. The zero-order valence-corrected chi connectivity index (χ0v) is 15.0. The quantitative estimate of drug-likeness (QED) is 0.887. The van der Waals surface area contributed by atoms with Crippen LogP contribution in [-0.4, -0.2) is 40.0 Å². The van der Waals surface area contributed by atoms with Crippen LogP contribution >= 0.6 is 11.3 Å². The van der Waals surface area contributed by atoms with Crippen molar-refractivity contribution in [1.29, 1.82) is 0 Å². The predicted octanol–water partition coefficient (Wildman–Crippen LogP) is 2.82. The van der Waals surface area contributed by atoms with E-state index in [0.29, 0.717) is 24.5 Å². The fourth-order valence-electron chi connectivity index (χ4n) is 3.02. The molecule has 0 saturated carbocycles. The Bertz CT molecular complexity index is 789. The number of nitrogens with zero attached hydrogens (tertiary/aromatic N) is 2. The molecule has 0 radical (unpaired) electrons. The lowest BCUT2D eigenvalue weighted by atomic mass is 9.99. The van der Waals surface area contributed by atoms with Crippen molar-refractivity contribution in [3.8, 4) is 5.75 Å². The number of aryl methyl sites for hydroxylation is 1. The van der Waals surface area contributed by atoms with Crippen LogP contribution < -0.4 is 4.74 Å². The zero-order chi connectivity index (χ0) is 18.0. The average Bonchev–Trinajstić information content (AvgIpc) is 3.18. The summed E-state index contributed by atoms with van der Waals surface area (Å²) in [5, 5.41) is 12.1. The molecule has 3 rings (SSSR count). The van der Waals surface area contributed by atoms with Crippen molar-refractivity contribution in [3.05, 3.63) is 45.9 Å². The van der Waals surface area contributed by atoms with Crippen LogP contribution in [0.5, 0.6) is 5.75 Å². The molecule has 1 N–H and O–H groups in total. The van der Waals surface area contributed by atoms with Gasteiger partial charge in [0.15, 0.2) is 0 Å². The van der Waals surface area contributed by atoms with Crippen LogP contribution in [0.1, 0.15) is 28.0 Å². The molecule has 25 heavy (non-hydrogen) atoms. The smallest absolute Gasteiger partial charge is 0.308 e. The largest absolute Gasteiger partial charge is 0.486 e. The molecular weight excluding hydrogens is 340 g/mol. The number of carboxylic acid groups (broad SMARTS) is 1. The molecule has 0 unspecified atom stereocenters. The van der Waals surface area contributed by atoms with E-state index in [1.54, 1.807) is 34.4 Å². The van der Waals surface area contributed by atoms with Crippen LogP contribution in [0.2, 0.25) is 0 Å². The highest BCUT2D eigenvalue weighted by atomic mass is 32.1. The molecule has 1 aromatic carbocycles. The Kier molecular flexibility index (Phi) is 5.03. The first-order valence-corrected chi connectivity index (χ1v) is 8.98. The topological polar surface area (TPSA) is 79.7 Å². The van der Waals surface area contributed by atoms with E-state index in [-0.39, 0.29) is 18.4 Å². The standard InChI is InChI=1S/C18H20N2O4S/c1-11-7-20(8-15(11)18(22)23)17(21)14-5-3-4-6-16(14)24-9-13-10-25-12(2)19-13/h3-6,10-11,15H,7-9H2,1-2H3,(H,22,23)/t11-,15-/m1/s1. The fourth-order valence-corrected chi connectivity index (χ4v) is 3.62. The first-order valence-electron chi connectivity index (χ1n) is 8.10. The molecule has 1 amide bonds. The number of amides is 1. The Labute approximate surface area is 150 Å². The van der Waals surface area contributed by atoms with Gasteiger partial charge in [-0.25, -0.2) is 4.98 Å². The number of hydrogen-bond donors (Lipinski definition) is 1. The number of carbonyl (C=O) groups excluding carboxylic acids is 1. The maximum atomic E-state index is 12.8. The second kappa shape index (κ2) is 7.23. The van der Waals surface area contributed by atoms with Gasteiger partial charge in [0.1, 0.15) is 12.4 Å². The van der Waals surface area contributed by atoms with Crippen LogP contribution in [0.3, 0.4) is 0 Å². The van der Waals surface area contributed by atoms with Gasteiger partial charge >= 0.3 is 5.97 Å². The number of aromatic nitrogens is 1. The monoisotopic (exact) mass is 360 g/mol. The summed E-state index contributed by atoms with van der Waals surface area (Å²) in [4.78, 5) is 30.1. The Morgan fingerprint density at radius 2 is 2.12 bits per heavy atom. The number of carbonyl (C=O) groups is 2. The molecule has 1 fully saturated rings. The number of benzene rings is 1. The number of carboxylic acids is 1. The molecule has 0 aliphatic carbocycles. The summed E-state index contributed by atoms with van der Waals surface area (Å²) in [6.07, 6.45) is 0. The van der Waals surface area contributed by atoms with E-state index in [1.807, 2.05) is 25.3 Å². The summed E-state index contributed by atoms with van der Waals surface area (Å²) in [6, 6.07) is 7.05. The van der Waals surface area contributed by atoms with Crippen LogP contribution in [0.15, 0.2) is 29.6 Å². The second-order valence-corrected chi connectivity index (χ2v) is 7.34. The highest BCUT2D eigenvalue weighted by Gasteiger charge is 2.37. The lowest BCUT2D eigenvalue weighted by Gasteiger charge is -2.18. The Balaban J connectivity index is 1.74. The molecule has 2 aromatic rings. The van der Waals surface area contributed by atoms with Crippen molar-refractivity contribution in [2.75, 3.05) is 13.1 Å². The summed E-state index contributed by atoms with van der Waals surface area (Å²) in [7, 11) is 0. The average molecular weight is 360 g/mol. The molecule has 2 heterocycles. The van der Waals surface area contributed by atoms with E-state index in [4.69, 9.17) is 4.74 Å².